The van der Waals surface area contributed by atoms with Crippen molar-refractivity contribution in [1.29, 1.82) is 0 Å². The van der Waals surface area contributed by atoms with Crippen LogP contribution >= 0.6 is 11.3 Å². The molecule has 14 nitrogen and oxygen atoms in total. The Hall–Kier alpha value is -3.03. The van der Waals surface area contributed by atoms with Crippen molar-refractivity contribution in [2.45, 2.75) is 42.2 Å². The highest BCUT2D eigenvalue weighted by atomic mass is 32.2. The number of nitrogens with zero attached hydrogens (tertiary/aromatic N) is 7. The van der Waals surface area contributed by atoms with Crippen molar-refractivity contribution in [3.63, 3.8) is 0 Å². The van der Waals surface area contributed by atoms with Crippen LogP contribution in [0.5, 0.6) is 0 Å². The van der Waals surface area contributed by atoms with Crippen molar-refractivity contribution in [3.05, 3.63) is 27.6 Å². The molecule has 1 amide bonds. The van der Waals surface area contributed by atoms with Crippen molar-refractivity contribution in [1.82, 2.24) is 33.9 Å². The molecule has 1 aromatic carbocycles. The zero-order chi connectivity index (χ0) is 32.3. The van der Waals surface area contributed by atoms with E-state index in [1.54, 1.807) is 11.8 Å². The van der Waals surface area contributed by atoms with Crippen LogP contribution in [0.25, 0.3) is 16.2 Å². The third-order valence-electron chi connectivity index (χ3n) is 8.36. The van der Waals surface area contributed by atoms with Crippen molar-refractivity contribution in [2.75, 3.05) is 71.5 Å². The SMILES string of the molecule is CN(C)CCOC1(C(=O)N2CCN(c3cc(S(=O)(=O)NC4(C)COC4)cc4c3n(C)c(=O)n4-c3nnc(C(F)F)s3)CC2)CC1. The summed E-state index contributed by atoms with van der Waals surface area (Å²) >= 11 is 0.556. The van der Waals surface area contributed by atoms with Gasteiger partial charge in [0.15, 0.2) is 5.01 Å². The molecule has 3 aromatic rings. The van der Waals surface area contributed by atoms with Gasteiger partial charge in [-0.1, -0.05) is 11.3 Å². The molecule has 3 aliphatic rings. The first kappa shape index (κ1) is 31.9. The monoisotopic (exact) mass is 670 g/mol. The molecule has 1 aliphatic carbocycles. The van der Waals surface area contributed by atoms with Gasteiger partial charge in [-0.05, 0) is 46.0 Å². The number of amides is 1. The fourth-order valence-electron chi connectivity index (χ4n) is 5.67. The third-order valence-corrected chi connectivity index (χ3v) is 10.9. The maximum Gasteiger partial charge on any atom is 0.335 e. The molecular weight excluding hydrogens is 634 g/mol. The number of sulfonamides is 1. The second-order valence-electron chi connectivity index (χ2n) is 12.3. The predicted molar refractivity (Wildman–Crippen MR) is 162 cm³/mol. The summed E-state index contributed by atoms with van der Waals surface area (Å²) in [7, 11) is 1.30. The lowest BCUT2D eigenvalue weighted by Crippen LogP contribution is -2.59. The number of likely N-dealkylation sites (N-methyl/N-ethyl adjacent to an activating group) is 1. The number of nitrogens with one attached hydrogen (secondary N) is 1. The van der Waals surface area contributed by atoms with Crippen molar-refractivity contribution in [2.24, 2.45) is 7.05 Å². The van der Waals surface area contributed by atoms with Crippen LogP contribution < -0.4 is 15.3 Å². The number of aromatic nitrogens is 4. The van der Waals surface area contributed by atoms with Gasteiger partial charge in [0.2, 0.25) is 15.2 Å². The van der Waals surface area contributed by atoms with E-state index in [2.05, 4.69) is 14.9 Å². The molecule has 3 fully saturated rings. The van der Waals surface area contributed by atoms with Crippen LogP contribution in [0.2, 0.25) is 0 Å². The molecular formula is C27H36F2N8O6S2. The highest BCUT2D eigenvalue weighted by Gasteiger charge is 2.53. The molecule has 0 spiro atoms. The Morgan fingerprint density at radius 2 is 1.87 bits per heavy atom. The van der Waals surface area contributed by atoms with Gasteiger partial charge in [0.1, 0.15) is 5.60 Å². The molecule has 0 radical (unpaired) electrons. The number of alkyl halides is 2. The van der Waals surface area contributed by atoms with Crippen LogP contribution in [0, 0.1) is 0 Å². The van der Waals surface area contributed by atoms with Crippen LogP contribution in [0.15, 0.2) is 21.8 Å². The molecule has 2 saturated heterocycles. The molecule has 18 heteroatoms. The second kappa shape index (κ2) is 11.6. The average Bonchev–Trinajstić information content (AvgIpc) is 3.52. The average molecular weight is 671 g/mol. The Morgan fingerprint density at radius 1 is 1.18 bits per heavy atom. The minimum atomic E-state index is -4.11. The van der Waals surface area contributed by atoms with Gasteiger partial charge in [0.05, 0.1) is 47.0 Å². The van der Waals surface area contributed by atoms with E-state index < -0.39 is 38.3 Å². The van der Waals surface area contributed by atoms with Gasteiger partial charge in [-0.3, -0.25) is 9.36 Å². The largest absolute Gasteiger partial charge is 0.377 e. The molecule has 2 aromatic heterocycles. The van der Waals surface area contributed by atoms with Crippen LogP contribution in [0.4, 0.5) is 14.5 Å². The first-order chi connectivity index (χ1) is 21.2. The van der Waals surface area contributed by atoms with Crippen LogP contribution in [-0.2, 0) is 31.3 Å². The maximum atomic E-state index is 13.7. The fraction of sp³-hybridized carbons (Fsp3) is 0.630. The number of ether oxygens (including phenoxy) is 2. The number of hydrogen-bond donors (Lipinski definition) is 1. The molecule has 0 unspecified atom stereocenters. The lowest BCUT2D eigenvalue weighted by molar-refractivity contribution is -0.147. The predicted octanol–water partition coefficient (Wildman–Crippen LogP) is 0.945. The number of piperazine rings is 1. The molecule has 45 heavy (non-hydrogen) atoms. The molecule has 0 atom stereocenters. The normalized spacial score (nSPS) is 19.5. The van der Waals surface area contributed by atoms with E-state index in [1.165, 1.54) is 23.7 Å². The highest BCUT2D eigenvalue weighted by molar-refractivity contribution is 7.89. The summed E-state index contributed by atoms with van der Waals surface area (Å²) < 4.78 is 70.4. The first-order valence-electron chi connectivity index (χ1n) is 14.6. The summed E-state index contributed by atoms with van der Waals surface area (Å²) in [5, 5.41) is 6.68. The van der Waals surface area contributed by atoms with Crippen LogP contribution in [0.3, 0.4) is 0 Å². The molecule has 1 saturated carbocycles. The maximum absolute atomic E-state index is 13.7. The molecule has 2 aliphatic heterocycles. The van der Waals surface area contributed by atoms with E-state index in [4.69, 9.17) is 9.47 Å². The number of carbonyl (C=O) groups is 1. The van der Waals surface area contributed by atoms with E-state index in [1.807, 2.05) is 23.9 Å². The Balaban J connectivity index is 1.35. The summed E-state index contributed by atoms with van der Waals surface area (Å²) in [6, 6.07) is 2.85. The van der Waals surface area contributed by atoms with Crippen LogP contribution in [-0.4, -0.2) is 121 Å². The number of halogens is 2. The summed E-state index contributed by atoms with van der Waals surface area (Å²) in [4.78, 5) is 32.6. The Labute approximate surface area is 262 Å². The minimum absolute atomic E-state index is 0.0489. The minimum Gasteiger partial charge on any atom is -0.377 e. The van der Waals surface area contributed by atoms with Crippen LogP contribution in [0.1, 0.15) is 31.2 Å². The van der Waals surface area contributed by atoms with E-state index in [-0.39, 0.29) is 34.7 Å². The zero-order valence-corrected chi connectivity index (χ0v) is 27.1. The van der Waals surface area contributed by atoms with E-state index in [0.717, 1.165) is 4.57 Å². The first-order valence-corrected chi connectivity index (χ1v) is 16.9. The van der Waals surface area contributed by atoms with Gasteiger partial charge in [-0.25, -0.2) is 31.3 Å². The van der Waals surface area contributed by atoms with Crippen molar-refractivity contribution < 1.29 is 31.5 Å². The summed E-state index contributed by atoms with van der Waals surface area (Å²) in [6.45, 7) is 4.76. The van der Waals surface area contributed by atoms with Crippen molar-refractivity contribution >= 4 is 44.0 Å². The van der Waals surface area contributed by atoms with Gasteiger partial charge in [0, 0.05) is 39.8 Å². The number of hydrogen-bond acceptors (Lipinski definition) is 11. The molecule has 1 N–H and O–H groups in total. The van der Waals surface area contributed by atoms with Gasteiger partial charge in [-0.15, -0.1) is 10.2 Å². The fourth-order valence-corrected chi connectivity index (χ4v) is 7.80. The van der Waals surface area contributed by atoms with Gasteiger partial charge >= 0.3 is 5.69 Å². The number of rotatable bonds is 11. The Bertz CT molecular complexity index is 1770. The van der Waals surface area contributed by atoms with E-state index in [0.29, 0.717) is 74.7 Å². The standard InChI is InChI=1S/C27H36F2N8O6S2/c1-26(15-42-16-26)32-45(40,41)17-13-18(20-19(14-17)37(25(39)34(20)4)24-31-30-22(44-24)21(28)29)35-7-9-36(10-8-35)23(38)27(5-6-27)43-12-11-33(2)3/h13-14,21,32H,5-12,15-16H2,1-4H3. The van der Waals surface area contributed by atoms with E-state index >= 15 is 0 Å². The lowest BCUT2D eigenvalue weighted by Gasteiger charge is -2.39. The number of aryl methyl sites for hydroxylation is 1. The van der Waals surface area contributed by atoms with Crippen molar-refractivity contribution in [3.8, 4) is 5.13 Å². The second-order valence-corrected chi connectivity index (χ2v) is 15.0. The molecule has 246 valence electrons. The quantitative estimate of drug-likeness (QED) is 0.313. The highest BCUT2D eigenvalue weighted by Crippen LogP contribution is 2.42. The number of imidazole rings is 1. The molecule has 0 bridgehead atoms. The third kappa shape index (κ3) is 5.98. The van der Waals surface area contributed by atoms with Gasteiger partial charge in [0.25, 0.3) is 12.3 Å². The summed E-state index contributed by atoms with van der Waals surface area (Å²) in [5.41, 5.74) is -1.14. The lowest BCUT2D eigenvalue weighted by atomic mass is 10.0. The van der Waals surface area contributed by atoms with E-state index in [9.17, 15) is 26.8 Å². The molecule has 6 rings (SSSR count). The number of carbonyl (C=O) groups excluding carboxylic acids is 1. The Morgan fingerprint density at radius 3 is 2.42 bits per heavy atom. The Kier molecular flexibility index (Phi) is 8.26. The summed E-state index contributed by atoms with van der Waals surface area (Å²) in [5.74, 6) is -0.0489. The smallest absolute Gasteiger partial charge is 0.335 e. The topological polar surface area (TPSA) is 144 Å². The molecule has 4 heterocycles. The van der Waals surface area contributed by atoms with Gasteiger partial charge < -0.3 is 24.2 Å². The number of fused-ring (bicyclic) bond motifs is 1. The van der Waals surface area contributed by atoms with Gasteiger partial charge in [-0.2, -0.15) is 0 Å². The number of benzene rings is 1. The zero-order valence-electron chi connectivity index (χ0n) is 25.5. The number of anilines is 1. The summed E-state index contributed by atoms with van der Waals surface area (Å²) in [6.07, 6.45) is -1.54.